The Bertz CT molecular complexity index is 823. The SMILES string of the molecule is COC(=O)C1C2CC3CCC1N3C/C2=C\c1ccc(-c2ccsc2)s1. The summed E-state index contributed by atoms with van der Waals surface area (Å²) in [6.45, 7) is 1.03. The van der Waals surface area contributed by atoms with Crippen molar-refractivity contribution in [1.29, 1.82) is 0 Å². The molecule has 3 nitrogen and oxygen atoms in total. The van der Waals surface area contributed by atoms with E-state index in [0.717, 1.165) is 19.4 Å². The molecular formula is C20H21NO2S2. The highest BCUT2D eigenvalue weighted by molar-refractivity contribution is 7.16. The average Bonchev–Trinajstić information content (AvgIpc) is 3.35. The lowest BCUT2D eigenvalue weighted by atomic mass is 9.71. The molecular weight excluding hydrogens is 350 g/mol. The Hall–Kier alpha value is -1.43. The summed E-state index contributed by atoms with van der Waals surface area (Å²) in [7, 11) is 1.53. The summed E-state index contributed by atoms with van der Waals surface area (Å²) in [4.78, 5) is 17.6. The van der Waals surface area contributed by atoms with Crippen LogP contribution in [0.4, 0.5) is 0 Å². The molecule has 0 amide bonds. The minimum atomic E-state index is -0.0175. The fourth-order valence-corrected chi connectivity index (χ4v) is 6.76. The van der Waals surface area contributed by atoms with Gasteiger partial charge in [0.25, 0.3) is 0 Å². The lowest BCUT2D eigenvalue weighted by Gasteiger charge is -2.50. The Balaban J connectivity index is 1.46. The number of carbonyl (C=O) groups is 1. The van der Waals surface area contributed by atoms with Crippen LogP contribution in [0.3, 0.4) is 0 Å². The van der Waals surface area contributed by atoms with Gasteiger partial charge in [-0.3, -0.25) is 9.69 Å². The van der Waals surface area contributed by atoms with Crippen molar-refractivity contribution >= 4 is 34.7 Å². The number of carbonyl (C=O) groups excluding carboxylic acids is 1. The smallest absolute Gasteiger partial charge is 0.310 e. The molecule has 2 aromatic heterocycles. The number of esters is 1. The van der Waals surface area contributed by atoms with E-state index in [1.165, 1.54) is 34.4 Å². The topological polar surface area (TPSA) is 29.5 Å². The van der Waals surface area contributed by atoms with Gasteiger partial charge in [0, 0.05) is 33.9 Å². The molecule has 0 aliphatic carbocycles. The zero-order valence-electron chi connectivity index (χ0n) is 14.2. The second kappa shape index (κ2) is 6.08. The van der Waals surface area contributed by atoms with Crippen molar-refractivity contribution < 1.29 is 9.53 Å². The third-order valence-corrected chi connectivity index (χ3v) is 7.90. The molecule has 0 N–H and O–H groups in total. The first-order valence-corrected chi connectivity index (χ1v) is 10.7. The lowest BCUT2D eigenvalue weighted by molar-refractivity contribution is -0.153. The van der Waals surface area contributed by atoms with E-state index >= 15 is 0 Å². The van der Waals surface area contributed by atoms with Crippen LogP contribution in [0.25, 0.3) is 16.5 Å². The summed E-state index contributed by atoms with van der Waals surface area (Å²) in [5.41, 5.74) is 2.72. The van der Waals surface area contributed by atoms with Crippen LogP contribution in [0.1, 0.15) is 24.1 Å². The van der Waals surface area contributed by atoms with Crippen molar-refractivity contribution in [3.8, 4) is 10.4 Å². The van der Waals surface area contributed by atoms with Gasteiger partial charge in [-0.05, 0) is 60.2 Å². The van der Waals surface area contributed by atoms with Crippen molar-refractivity contribution in [3.63, 3.8) is 0 Å². The zero-order valence-corrected chi connectivity index (χ0v) is 15.8. The van der Waals surface area contributed by atoms with Gasteiger partial charge in [-0.15, -0.1) is 11.3 Å². The van der Waals surface area contributed by atoms with Crippen molar-refractivity contribution in [2.45, 2.75) is 31.3 Å². The molecule has 6 heterocycles. The predicted molar refractivity (Wildman–Crippen MR) is 103 cm³/mol. The molecule has 2 aromatic rings. The third-order valence-electron chi connectivity index (χ3n) is 6.14. The summed E-state index contributed by atoms with van der Waals surface area (Å²) in [5.74, 6) is 0.373. The van der Waals surface area contributed by atoms with Gasteiger partial charge in [0.15, 0.2) is 0 Å². The predicted octanol–water partition coefficient (Wildman–Crippen LogP) is 4.52. The molecule has 4 aliphatic rings. The molecule has 5 unspecified atom stereocenters. The first-order valence-electron chi connectivity index (χ1n) is 8.91. The number of thiophene rings is 2. The number of rotatable bonds is 3. The van der Waals surface area contributed by atoms with Gasteiger partial charge in [0.2, 0.25) is 0 Å². The second-order valence-electron chi connectivity index (χ2n) is 7.30. The molecule has 4 aliphatic heterocycles. The van der Waals surface area contributed by atoms with Crippen LogP contribution < -0.4 is 0 Å². The highest BCUT2D eigenvalue weighted by atomic mass is 32.1. The summed E-state index contributed by atoms with van der Waals surface area (Å²) in [6, 6.07) is 7.68. The maximum Gasteiger partial charge on any atom is 0.310 e. The average molecular weight is 372 g/mol. The van der Waals surface area contributed by atoms with Gasteiger partial charge < -0.3 is 4.74 Å². The molecule has 6 rings (SSSR count). The van der Waals surface area contributed by atoms with Crippen molar-refractivity contribution in [1.82, 2.24) is 4.90 Å². The van der Waals surface area contributed by atoms with E-state index in [9.17, 15) is 4.79 Å². The summed E-state index contributed by atoms with van der Waals surface area (Å²) in [6.07, 6.45) is 5.84. The van der Waals surface area contributed by atoms with Gasteiger partial charge in [0.05, 0.1) is 13.0 Å². The number of methoxy groups -OCH3 is 1. The molecule has 5 heteroatoms. The van der Waals surface area contributed by atoms with Crippen molar-refractivity contribution in [2.24, 2.45) is 11.8 Å². The Morgan fingerprint density at radius 1 is 1.32 bits per heavy atom. The van der Waals surface area contributed by atoms with Crippen LogP contribution in [0, 0.1) is 11.8 Å². The Labute approximate surface area is 155 Å². The summed E-state index contributed by atoms with van der Waals surface area (Å²) < 4.78 is 5.16. The van der Waals surface area contributed by atoms with E-state index in [2.05, 4.69) is 39.9 Å². The van der Waals surface area contributed by atoms with E-state index < -0.39 is 0 Å². The number of fused-ring (bicyclic) bond motifs is 1. The molecule has 4 fully saturated rings. The van der Waals surface area contributed by atoms with Crippen LogP contribution in [0.15, 0.2) is 34.5 Å². The molecule has 25 heavy (non-hydrogen) atoms. The number of ether oxygens (including phenoxy) is 1. The van der Waals surface area contributed by atoms with Crippen molar-refractivity contribution in [3.05, 3.63) is 39.4 Å². The summed E-state index contributed by atoms with van der Waals surface area (Å²) >= 11 is 3.58. The second-order valence-corrected chi connectivity index (χ2v) is 9.19. The minimum Gasteiger partial charge on any atom is -0.469 e. The molecule has 0 aromatic carbocycles. The molecule has 4 saturated heterocycles. The van der Waals surface area contributed by atoms with Gasteiger partial charge in [-0.25, -0.2) is 0 Å². The molecule has 5 atom stereocenters. The fourth-order valence-electron chi connectivity index (χ4n) is 5.05. The molecule has 130 valence electrons. The highest BCUT2D eigenvalue weighted by Crippen LogP contribution is 2.51. The lowest BCUT2D eigenvalue weighted by Crippen LogP contribution is -2.58. The van der Waals surface area contributed by atoms with Gasteiger partial charge in [-0.2, -0.15) is 11.3 Å². The number of hydrogen-bond acceptors (Lipinski definition) is 5. The summed E-state index contributed by atoms with van der Waals surface area (Å²) in [5, 5.41) is 4.32. The van der Waals surface area contributed by atoms with E-state index in [4.69, 9.17) is 4.74 Å². The maximum atomic E-state index is 12.4. The van der Waals surface area contributed by atoms with Crippen LogP contribution in [0.2, 0.25) is 0 Å². The molecule has 0 spiro atoms. The maximum absolute atomic E-state index is 12.4. The molecule has 4 bridgehead atoms. The van der Waals surface area contributed by atoms with Crippen LogP contribution in [-0.2, 0) is 9.53 Å². The fraction of sp³-hybridized carbons (Fsp3) is 0.450. The Morgan fingerprint density at radius 2 is 2.24 bits per heavy atom. The first kappa shape index (κ1) is 15.8. The van der Waals surface area contributed by atoms with E-state index in [0.29, 0.717) is 18.0 Å². The van der Waals surface area contributed by atoms with Gasteiger partial charge in [0.1, 0.15) is 0 Å². The normalized spacial score (nSPS) is 34.6. The molecule has 0 saturated carbocycles. The first-order chi connectivity index (χ1) is 12.2. The number of hydrogen-bond donors (Lipinski definition) is 0. The van der Waals surface area contributed by atoms with Crippen molar-refractivity contribution in [2.75, 3.05) is 13.7 Å². The quantitative estimate of drug-likeness (QED) is 0.743. The van der Waals surface area contributed by atoms with E-state index in [-0.39, 0.29) is 11.9 Å². The van der Waals surface area contributed by atoms with Gasteiger partial charge >= 0.3 is 5.97 Å². The Kier molecular flexibility index (Phi) is 3.84. The zero-order chi connectivity index (χ0) is 17.0. The van der Waals surface area contributed by atoms with E-state index in [1.54, 1.807) is 11.3 Å². The van der Waals surface area contributed by atoms with Crippen LogP contribution in [0.5, 0.6) is 0 Å². The largest absolute Gasteiger partial charge is 0.469 e. The number of piperidine rings is 3. The third kappa shape index (κ3) is 2.52. The van der Waals surface area contributed by atoms with Crippen LogP contribution in [-0.4, -0.2) is 36.6 Å². The molecule has 0 radical (unpaired) electrons. The van der Waals surface area contributed by atoms with Crippen LogP contribution >= 0.6 is 22.7 Å². The minimum absolute atomic E-state index is 0.0175. The number of nitrogens with zero attached hydrogens (tertiary/aromatic N) is 1. The van der Waals surface area contributed by atoms with Gasteiger partial charge in [-0.1, -0.05) is 5.57 Å². The Morgan fingerprint density at radius 3 is 3.04 bits per heavy atom. The van der Waals surface area contributed by atoms with E-state index in [1.807, 2.05) is 11.3 Å². The monoisotopic (exact) mass is 371 g/mol. The highest BCUT2D eigenvalue weighted by Gasteiger charge is 2.55. The standard InChI is InChI=1S/C20H21NO2S2/c1-23-20(22)19-16-9-14-2-4-17(19)21(14)10-13(16)8-15-3-5-18(25-15)12-6-7-24-11-12/h3,5-8,11,14,16-17,19H,2,4,9-10H2,1H3/b13-8+.